The van der Waals surface area contributed by atoms with E-state index in [-0.39, 0.29) is 16.6 Å². The highest BCUT2D eigenvalue weighted by molar-refractivity contribution is 7.20. The summed E-state index contributed by atoms with van der Waals surface area (Å²) in [5, 5.41) is 2.87. The molecule has 0 fully saturated rings. The van der Waals surface area contributed by atoms with Crippen LogP contribution in [0.2, 0.25) is 0 Å². The molecular formula is C18H14N6O3S. The van der Waals surface area contributed by atoms with Gasteiger partial charge in [0.1, 0.15) is 12.2 Å². The summed E-state index contributed by atoms with van der Waals surface area (Å²) >= 11 is 1.27. The Bertz CT molecular complexity index is 1160. The van der Waals surface area contributed by atoms with Crippen LogP contribution in [0.4, 0.5) is 4.79 Å². The maximum atomic E-state index is 12.2. The van der Waals surface area contributed by atoms with Gasteiger partial charge < -0.3 is 15.0 Å². The molecule has 9 nitrogen and oxygen atoms in total. The molecule has 3 aromatic heterocycles. The van der Waals surface area contributed by atoms with Crippen LogP contribution < -0.4 is 15.6 Å². The third kappa shape index (κ3) is 3.86. The zero-order valence-corrected chi connectivity index (χ0v) is 15.4. The highest BCUT2D eigenvalue weighted by atomic mass is 32.1. The van der Waals surface area contributed by atoms with Crippen molar-refractivity contribution >= 4 is 27.6 Å². The number of fused-ring (bicyclic) bond motifs is 1. The molecule has 1 atom stereocenters. The van der Waals surface area contributed by atoms with Crippen LogP contribution >= 0.6 is 11.3 Å². The van der Waals surface area contributed by atoms with Crippen molar-refractivity contribution in [3.63, 3.8) is 0 Å². The maximum Gasteiger partial charge on any atom is 0.415 e. The zero-order valence-electron chi connectivity index (χ0n) is 14.6. The predicted octanol–water partition coefficient (Wildman–Crippen LogP) is 2.69. The van der Waals surface area contributed by atoms with Gasteiger partial charge in [-0.15, -0.1) is 0 Å². The first-order valence-corrected chi connectivity index (χ1v) is 9.12. The second-order valence-electron chi connectivity index (χ2n) is 5.81. The lowest BCUT2D eigenvalue weighted by Crippen LogP contribution is -2.31. The molecule has 1 aromatic carbocycles. The molecule has 0 spiro atoms. The van der Waals surface area contributed by atoms with Crippen molar-refractivity contribution in [1.82, 2.24) is 30.2 Å². The molecule has 2 N–H and O–H groups in total. The third-order valence-corrected chi connectivity index (χ3v) is 4.72. The topological polar surface area (TPSA) is 123 Å². The van der Waals surface area contributed by atoms with E-state index in [4.69, 9.17) is 4.74 Å². The molecule has 0 aliphatic carbocycles. The molecule has 1 amide bonds. The molecule has 10 heteroatoms. The number of thiazole rings is 1. The molecular weight excluding hydrogens is 380 g/mol. The Labute approximate surface area is 162 Å². The van der Waals surface area contributed by atoms with Crippen molar-refractivity contribution in [2.45, 2.75) is 13.0 Å². The summed E-state index contributed by atoms with van der Waals surface area (Å²) in [7, 11) is 0. The molecule has 4 aromatic rings. The van der Waals surface area contributed by atoms with E-state index in [2.05, 4.69) is 30.2 Å². The first-order valence-electron chi connectivity index (χ1n) is 8.30. The van der Waals surface area contributed by atoms with E-state index >= 15 is 0 Å². The second-order valence-corrected chi connectivity index (χ2v) is 6.81. The van der Waals surface area contributed by atoms with E-state index in [1.165, 1.54) is 23.7 Å². The Morgan fingerprint density at radius 2 is 2.07 bits per heavy atom. The molecule has 0 saturated heterocycles. The number of rotatable bonds is 4. The number of ether oxygens (including phenoxy) is 1. The minimum Gasteiger partial charge on any atom is -0.381 e. The predicted molar refractivity (Wildman–Crippen MR) is 103 cm³/mol. The molecule has 0 aliphatic rings. The summed E-state index contributed by atoms with van der Waals surface area (Å²) in [6.45, 7) is 1.68. The number of hydrogen-bond donors (Lipinski definition) is 2. The number of aromatic amines is 1. The minimum atomic E-state index is -0.693. The van der Waals surface area contributed by atoms with Crippen LogP contribution in [-0.4, -0.2) is 31.0 Å². The van der Waals surface area contributed by atoms with Gasteiger partial charge in [0.25, 0.3) is 10.8 Å². The Balaban J connectivity index is 1.50. The quantitative estimate of drug-likeness (QED) is 0.545. The van der Waals surface area contributed by atoms with Crippen molar-refractivity contribution < 1.29 is 9.53 Å². The Hall–Kier alpha value is -3.66. The summed E-state index contributed by atoms with van der Waals surface area (Å²) in [6, 6.07) is 9.86. The van der Waals surface area contributed by atoms with Crippen molar-refractivity contribution in [3.8, 4) is 16.6 Å². The largest absolute Gasteiger partial charge is 0.415 e. The van der Waals surface area contributed by atoms with E-state index in [1.807, 2.05) is 24.3 Å². The van der Waals surface area contributed by atoms with Gasteiger partial charge in [-0.1, -0.05) is 23.5 Å². The maximum absolute atomic E-state index is 12.2. The van der Waals surface area contributed by atoms with Crippen molar-refractivity contribution in [3.05, 3.63) is 65.1 Å². The number of hydrogen-bond acceptors (Lipinski definition) is 8. The van der Waals surface area contributed by atoms with E-state index in [0.717, 1.165) is 10.2 Å². The fourth-order valence-electron chi connectivity index (χ4n) is 2.50. The van der Waals surface area contributed by atoms with Gasteiger partial charge in [0.15, 0.2) is 0 Å². The molecule has 4 rings (SSSR count). The van der Waals surface area contributed by atoms with Gasteiger partial charge in [0.2, 0.25) is 0 Å². The van der Waals surface area contributed by atoms with E-state index in [9.17, 15) is 9.59 Å². The minimum absolute atomic E-state index is 0.238. The van der Waals surface area contributed by atoms with Crippen LogP contribution in [0.5, 0.6) is 5.19 Å². The molecule has 0 saturated carbocycles. The van der Waals surface area contributed by atoms with Gasteiger partial charge in [-0.05, 0) is 25.1 Å². The van der Waals surface area contributed by atoms with E-state index < -0.39 is 12.1 Å². The molecule has 3 heterocycles. The number of benzene rings is 1. The number of carbonyl (C=O) groups excluding carboxylic acids is 1. The molecule has 0 radical (unpaired) electrons. The summed E-state index contributed by atoms with van der Waals surface area (Å²) in [5.41, 5.74) is 1.29. The van der Waals surface area contributed by atoms with Gasteiger partial charge in [0.05, 0.1) is 27.6 Å². The van der Waals surface area contributed by atoms with Crippen molar-refractivity contribution in [1.29, 1.82) is 0 Å². The lowest BCUT2D eigenvalue weighted by molar-refractivity contribution is 0.196. The fraction of sp³-hybridized carbons (Fsp3) is 0.111. The summed E-state index contributed by atoms with van der Waals surface area (Å²) < 4.78 is 6.17. The van der Waals surface area contributed by atoms with Gasteiger partial charge in [-0.2, -0.15) is 0 Å². The van der Waals surface area contributed by atoms with Crippen LogP contribution in [0.1, 0.15) is 18.8 Å². The van der Waals surface area contributed by atoms with Gasteiger partial charge in [-0.25, -0.2) is 24.7 Å². The van der Waals surface area contributed by atoms with Crippen LogP contribution in [0.25, 0.3) is 21.6 Å². The monoisotopic (exact) mass is 394 g/mol. The molecule has 28 heavy (non-hydrogen) atoms. The normalized spacial score (nSPS) is 11.9. The van der Waals surface area contributed by atoms with E-state index in [1.54, 1.807) is 19.2 Å². The number of H-pyrrole nitrogens is 1. The smallest absolute Gasteiger partial charge is 0.381 e. The first kappa shape index (κ1) is 17.7. The highest BCUT2D eigenvalue weighted by Gasteiger charge is 2.16. The summed E-state index contributed by atoms with van der Waals surface area (Å²) in [5.74, 6) is 0.280. The Morgan fingerprint density at radius 1 is 1.21 bits per heavy atom. The summed E-state index contributed by atoms with van der Waals surface area (Å²) in [6.07, 6.45) is 2.23. The molecule has 0 bridgehead atoms. The highest BCUT2D eigenvalue weighted by Crippen LogP contribution is 2.27. The molecule has 140 valence electrons. The number of nitrogens with one attached hydrogen (secondary N) is 2. The molecule has 0 aliphatic heterocycles. The van der Waals surface area contributed by atoms with Crippen LogP contribution in [-0.2, 0) is 0 Å². The fourth-order valence-corrected chi connectivity index (χ4v) is 3.32. The number of amides is 1. The van der Waals surface area contributed by atoms with Crippen LogP contribution in [0, 0.1) is 0 Å². The number of nitrogens with zero attached hydrogens (tertiary/aromatic N) is 4. The first-order chi connectivity index (χ1) is 13.6. The van der Waals surface area contributed by atoms with Crippen molar-refractivity contribution in [2.75, 3.05) is 0 Å². The Kier molecular flexibility index (Phi) is 4.77. The Morgan fingerprint density at radius 3 is 2.86 bits per heavy atom. The molecule has 1 unspecified atom stereocenters. The third-order valence-electron chi connectivity index (χ3n) is 3.80. The number of aromatic nitrogens is 5. The lowest BCUT2D eigenvalue weighted by Gasteiger charge is -2.13. The van der Waals surface area contributed by atoms with Gasteiger partial charge >= 0.3 is 6.09 Å². The van der Waals surface area contributed by atoms with Crippen LogP contribution in [0.3, 0.4) is 0 Å². The zero-order chi connectivity index (χ0) is 19.5. The standard InChI is InChI=1S/C18H14N6O3S/c1-10(16-22-13(8-15(25)24-16)11-6-7-19-9-20-11)21-17(26)27-18-23-12-4-2-3-5-14(12)28-18/h2-10H,1H3,(H,21,26)(H,22,24,25). The average molecular weight is 394 g/mol. The lowest BCUT2D eigenvalue weighted by atomic mass is 10.2. The van der Waals surface area contributed by atoms with Crippen molar-refractivity contribution in [2.24, 2.45) is 0 Å². The average Bonchev–Trinajstić information content (AvgIpc) is 3.10. The second kappa shape index (κ2) is 7.53. The number of carbonyl (C=O) groups is 1. The van der Waals surface area contributed by atoms with Crippen LogP contribution in [0.15, 0.2) is 53.7 Å². The number of para-hydroxylation sites is 1. The summed E-state index contributed by atoms with van der Waals surface area (Å²) in [4.78, 5) is 43.3. The SMILES string of the molecule is CC(NC(=O)Oc1nc2ccccc2s1)c1nc(-c2ccncn2)cc(=O)[nH]1. The van der Waals surface area contributed by atoms with Gasteiger partial charge in [0, 0.05) is 12.3 Å². The van der Waals surface area contributed by atoms with E-state index in [0.29, 0.717) is 11.4 Å². The van der Waals surface area contributed by atoms with Gasteiger partial charge in [-0.3, -0.25) is 4.79 Å².